The Bertz CT molecular complexity index is 1780. The predicted molar refractivity (Wildman–Crippen MR) is 146 cm³/mol. The number of esters is 1. The predicted octanol–water partition coefficient (Wildman–Crippen LogP) is 3.67. The van der Waals surface area contributed by atoms with Crippen molar-refractivity contribution in [2.45, 2.75) is 19.9 Å². The van der Waals surface area contributed by atoms with E-state index in [1.54, 1.807) is 51.3 Å². The summed E-state index contributed by atoms with van der Waals surface area (Å²) in [4.78, 5) is 32.2. The molecule has 0 saturated heterocycles. The zero-order valence-electron chi connectivity index (χ0n) is 21.3. The molecule has 0 radical (unpaired) electrons. The van der Waals surface area contributed by atoms with E-state index < -0.39 is 12.0 Å². The number of hydrogen-bond donors (Lipinski definition) is 1. The Hall–Kier alpha value is -4.37. The number of phenolic OH excluding ortho intramolecular Hbond substituents is 1. The molecule has 4 aromatic rings. The van der Waals surface area contributed by atoms with Gasteiger partial charge in [0, 0.05) is 11.1 Å². The molecule has 3 aromatic carbocycles. The number of aromatic hydroxyl groups is 1. The lowest BCUT2D eigenvalue weighted by molar-refractivity contribution is -0.139. The van der Waals surface area contributed by atoms with Crippen molar-refractivity contribution in [3.63, 3.8) is 0 Å². The zero-order chi connectivity index (χ0) is 27.0. The van der Waals surface area contributed by atoms with E-state index in [1.165, 1.54) is 23.0 Å². The molecule has 1 atom stereocenters. The quantitative estimate of drug-likeness (QED) is 0.382. The molecule has 1 aliphatic heterocycles. The number of thiazole rings is 1. The third-order valence-corrected chi connectivity index (χ3v) is 7.45. The molecule has 5 rings (SSSR count). The topological polar surface area (TPSA) is 99.4 Å². The molecule has 0 fully saturated rings. The Labute approximate surface area is 222 Å². The van der Waals surface area contributed by atoms with Gasteiger partial charge in [-0.1, -0.05) is 41.7 Å². The highest BCUT2D eigenvalue weighted by molar-refractivity contribution is 7.07. The van der Waals surface area contributed by atoms with Gasteiger partial charge in [-0.05, 0) is 55.0 Å². The highest BCUT2D eigenvalue weighted by Crippen LogP contribution is 2.38. The number of aromatic nitrogens is 1. The minimum atomic E-state index is -0.862. The van der Waals surface area contributed by atoms with E-state index in [0.717, 1.165) is 10.8 Å². The van der Waals surface area contributed by atoms with Gasteiger partial charge in [-0.25, -0.2) is 9.79 Å². The van der Waals surface area contributed by atoms with E-state index in [-0.39, 0.29) is 23.5 Å². The summed E-state index contributed by atoms with van der Waals surface area (Å²) in [6, 6.07) is 15.4. The normalized spacial score (nSPS) is 15.3. The fourth-order valence-corrected chi connectivity index (χ4v) is 5.73. The Morgan fingerprint density at radius 3 is 2.66 bits per heavy atom. The van der Waals surface area contributed by atoms with Crippen molar-refractivity contribution in [2.24, 2.45) is 4.99 Å². The lowest BCUT2D eigenvalue weighted by Crippen LogP contribution is -2.40. The van der Waals surface area contributed by atoms with Crippen LogP contribution in [0.2, 0.25) is 0 Å². The summed E-state index contributed by atoms with van der Waals surface area (Å²) in [5, 5.41) is 12.4. The molecule has 1 aromatic heterocycles. The smallest absolute Gasteiger partial charge is 0.338 e. The van der Waals surface area contributed by atoms with Crippen LogP contribution in [0.5, 0.6) is 17.2 Å². The van der Waals surface area contributed by atoms with E-state index in [0.29, 0.717) is 37.7 Å². The first-order chi connectivity index (χ1) is 18.4. The van der Waals surface area contributed by atoms with Gasteiger partial charge in [-0.2, -0.15) is 0 Å². The van der Waals surface area contributed by atoms with Gasteiger partial charge in [0.2, 0.25) is 0 Å². The van der Waals surface area contributed by atoms with Gasteiger partial charge in [0.1, 0.15) is 23.3 Å². The van der Waals surface area contributed by atoms with Gasteiger partial charge in [0.05, 0.1) is 36.6 Å². The van der Waals surface area contributed by atoms with E-state index in [4.69, 9.17) is 14.2 Å². The molecule has 0 spiro atoms. The van der Waals surface area contributed by atoms with E-state index in [9.17, 15) is 14.7 Å². The second-order valence-electron chi connectivity index (χ2n) is 8.63. The van der Waals surface area contributed by atoms with Gasteiger partial charge in [-0.15, -0.1) is 0 Å². The molecule has 9 heteroatoms. The van der Waals surface area contributed by atoms with Crippen molar-refractivity contribution in [1.82, 2.24) is 4.57 Å². The molecule has 1 aliphatic rings. The number of allylic oxidation sites excluding steroid dienone is 1. The second-order valence-corrected chi connectivity index (χ2v) is 9.64. The monoisotopic (exact) mass is 530 g/mol. The Kier molecular flexibility index (Phi) is 6.77. The van der Waals surface area contributed by atoms with Gasteiger partial charge in [-0.3, -0.25) is 9.36 Å². The Morgan fingerprint density at radius 2 is 1.92 bits per heavy atom. The number of methoxy groups -OCH3 is 2. The summed E-state index contributed by atoms with van der Waals surface area (Å²) in [6.45, 7) is 3.61. The fraction of sp³-hybridized carbons (Fsp3) is 0.207. The molecule has 2 heterocycles. The molecular formula is C29H26N2O6S. The summed E-state index contributed by atoms with van der Waals surface area (Å²) in [5.41, 5.74) is 1.42. The average Bonchev–Trinajstić information content (AvgIpc) is 3.23. The number of carbonyl (C=O) groups is 1. The maximum absolute atomic E-state index is 14.0. The maximum Gasteiger partial charge on any atom is 0.338 e. The summed E-state index contributed by atoms with van der Waals surface area (Å²) in [7, 11) is 3.07. The molecule has 0 aliphatic carbocycles. The average molecular weight is 531 g/mol. The van der Waals surface area contributed by atoms with Crippen LogP contribution in [0.3, 0.4) is 0 Å². The number of phenols is 1. The first kappa shape index (κ1) is 25.3. The van der Waals surface area contributed by atoms with E-state index in [1.807, 2.05) is 30.3 Å². The SMILES string of the molecule is CCOC(=O)C1=C(C)N=c2s/c(=C\c3c(O)ccc4ccccc34)c(=O)n2[C@H]1c1cc(OC)ccc1OC. The van der Waals surface area contributed by atoms with Crippen LogP contribution in [0.1, 0.15) is 31.0 Å². The number of nitrogens with zero attached hydrogens (tertiary/aromatic N) is 2. The number of carbonyl (C=O) groups excluding carboxylic acids is 1. The molecule has 0 amide bonds. The fourth-order valence-electron chi connectivity index (χ4n) is 4.71. The highest BCUT2D eigenvalue weighted by Gasteiger charge is 2.35. The van der Waals surface area contributed by atoms with Crippen LogP contribution in [0, 0.1) is 0 Å². The standard InChI is InChI=1S/C29H26N2O6S/c1-5-37-28(34)25-16(2)30-29-31(26(25)21-14-18(35-3)11-13-23(21)36-4)27(33)24(38-29)15-20-19-9-7-6-8-17(19)10-12-22(20)32/h6-15,26,32H,5H2,1-4H3/b24-15-/t26-/m0/s1. The van der Waals surface area contributed by atoms with Crippen molar-refractivity contribution >= 4 is 34.2 Å². The molecule has 194 valence electrons. The van der Waals surface area contributed by atoms with Gasteiger partial charge in [0.25, 0.3) is 5.56 Å². The van der Waals surface area contributed by atoms with Crippen molar-refractivity contribution in [3.05, 3.63) is 96.7 Å². The van der Waals surface area contributed by atoms with Gasteiger partial charge >= 0.3 is 5.97 Å². The summed E-state index contributed by atoms with van der Waals surface area (Å²) in [6.07, 6.45) is 1.67. The first-order valence-electron chi connectivity index (χ1n) is 12.0. The second kappa shape index (κ2) is 10.2. The van der Waals surface area contributed by atoms with Crippen LogP contribution in [0.15, 0.2) is 75.7 Å². The van der Waals surface area contributed by atoms with Crippen molar-refractivity contribution in [3.8, 4) is 17.2 Å². The maximum atomic E-state index is 14.0. The summed E-state index contributed by atoms with van der Waals surface area (Å²) < 4.78 is 18.3. The van der Waals surface area contributed by atoms with E-state index in [2.05, 4.69) is 4.99 Å². The van der Waals surface area contributed by atoms with Crippen molar-refractivity contribution in [1.29, 1.82) is 0 Å². The minimum Gasteiger partial charge on any atom is -0.507 e. The molecule has 0 bridgehead atoms. The van der Waals surface area contributed by atoms with Crippen LogP contribution >= 0.6 is 11.3 Å². The van der Waals surface area contributed by atoms with Crippen LogP contribution in [0.4, 0.5) is 0 Å². The van der Waals surface area contributed by atoms with Crippen LogP contribution in [-0.2, 0) is 9.53 Å². The number of benzene rings is 3. The molecular weight excluding hydrogens is 504 g/mol. The number of hydrogen-bond acceptors (Lipinski definition) is 8. The van der Waals surface area contributed by atoms with Gasteiger partial charge in [0.15, 0.2) is 4.80 Å². The lowest BCUT2D eigenvalue weighted by Gasteiger charge is -2.26. The summed E-state index contributed by atoms with van der Waals surface area (Å²) >= 11 is 1.19. The van der Waals surface area contributed by atoms with Crippen LogP contribution < -0.4 is 24.4 Å². The summed E-state index contributed by atoms with van der Waals surface area (Å²) in [5.74, 6) is 0.517. The number of rotatable bonds is 6. The third-order valence-electron chi connectivity index (χ3n) is 6.47. The highest BCUT2D eigenvalue weighted by atomic mass is 32.1. The molecule has 0 saturated carbocycles. The van der Waals surface area contributed by atoms with Crippen LogP contribution in [0.25, 0.3) is 16.8 Å². The number of fused-ring (bicyclic) bond motifs is 2. The van der Waals surface area contributed by atoms with Gasteiger partial charge < -0.3 is 19.3 Å². The molecule has 1 N–H and O–H groups in total. The molecule has 8 nitrogen and oxygen atoms in total. The van der Waals surface area contributed by atoms with Crippen molar-refractivity contribution < 1.29 is 24.1 Å². The third kappa shape index (κ3) is 4.24. The lowest BCUT2D eigenvalue weighted by atomic mass is 9.94. The zero-order valence-corrected chi connectivity index (χ0v) is 22.2. The minimum absolute atomic E-state index is 0.0592. The van der Waals surface area contributed by atoms with Crippen molar-refractivity contribution in [2.75, 3.05) is 20.8 Å². The Morgan fingerprint density at radius 1 is 1.13 bits per heavy atom. The Balaban J connectivity index is 1.81. The van der Waals surface area contributed by atoms with E-state index >= 15 is 0 Å². The largest absolute Gasteiger partial charge is 0.507 e. The first-order valence-corrected chi connectivity index (χ1v) is 12.8. The molecule has 0 unspecified atom stereocenters. The van der Waals surface area contributed by atoms with Crippen LogP contribution in [-0.4, -0.2) is 36.5 Å². The molecule has 38 heavy (non-hydrogen) atoms. The number of ether oxygens (including phenoxy) is 3.